The second-order valence-electron chi connectivity index (χ2n) is 16.9. The quantitative estimate of drug-likeness (QED) is 0.324. The molecule has 0 spiro atoms. The van der Waals surface area contributed by atoms with Crippen molar-refractivity contribution < 1.29 is 19.1 Å². The molecule has 7 rings (SSSR count). The highest BCUT2D eigenvalue weighted by Gasteiger charge is 2.71. The van der Waals surface area contributed by atoms with Crippen LogP contribution in [0.15, 0.2) is 29.8 Å². The van der Waals surface area contributed by atoms with E-state index in [1.165, 1.54) is 18.3 Å². The van der Waals surface area contributed by atoms with E-state index in [4.69, 9.17) is 19.4 Å². The predicted octanol–water partition coefficient (Wildman–Crippen LogP) is 8.46. The van der Waals surface area contributed by atoms with Crippen LogP contribution in [0.5, 0.6) is 0 Å². The molecule has 1 aromatic carbocycles. The van der Waals surface area contributed by atoms with Crippen LogP contribution in [0.4, 0.5) is 0 Å². The molecule has 2 aromatic rings. The lowest BCUT2D eigenvalue weighted by Crippen LogP contribution is -2.66. The number of fused-ring (bicyclic) bond motifs is 10. The summed E-state index contributed by atoms with van der Waals surface area (Å²) in [4.78, 5) is 36.8. The molecule has 6 nitrogen and oxygen atoms in total. The number of esters is 2. The highest BCUT2D eigenvalue weighted by molar-refractivity contribution is 5.98. The van der Waals surface area contributed by atoms with Gasteiger partial charge in [0, 0.05) is 12.3 Å². The highest BCUT2D eigenvalue weighted by atomic mass is 16.5. The largest absolute Gasteiger partial charge is 0.468 e. The minimum atomic E-state index is -0.876. The van der Waals surface area contributed by atoms with Gasteiger partial charge in [-0.3, -0.25) is 9.59 Å². The van der Waals surface area contributed by atoms with Gasteiger partial charge in [-0.2, -0.15) is 0 Å². The summed E-state index contributed by atoms with van der Waals surface area (Å²) in [7, 11) is 1.54. The molecule has 6 heteroatoms. The van der Waals surface area contributed by atoms with Gasteiger partial charge in [0.15, 0.2) is 0 Å². The number of rotatable bonds is 3. The van der Waals surface area contributed by atoms with Gasteiger partial charge in [-0.1, -0.05) is 60.6 Å². The number of para-hydroxylation sites is 2. The van der Waals surface area contributed by atoms with Crippen LogP contribution in [0.2, 0.25) is 0 Å². The Morgan fingerprint density at radius 3 is 2.18 bits per heavy atom. The SMILES string of the molecule is COC(=O)[C@@]12CC[C@]3(C)[C@H](CC[C@@H]4[C@@]5(C)CC[C@H](OC(C)=O)C(C)(C)[C@@H]5CC[C@]43C)C1=C(C(C)C)c1nc3ccccc3nc12. The average molecular weight is 613 g/mol. The molecule has 1 aromatic heterocycles. The van der Waals surface area contributed by atoms with Crippen molar-refractivity contribution in [3.8, 4) is 0 Å². The van der Waals surface area contributed by atoms with Gasteiger partial charge in [-0.05, 0) is 115 Å². The third-order valence-electron chi connectivity index (χ3n) is 14.6. The van der Waals surface area contributed by atoms with E-state index in [0.717, 1.165) is 67.4 Å². The highest BCUT2D eigenvalue weighted by Crippen LogP contribution is 2.77. The molecule has 0 amide bonds. The van der Waals surface area contributed by atoms with Crippen LogP contribution >= 0.6 is 0 Å². The number of carbonyl (C=O) groups is 2. The lowest BCUT2D eigenvalue weighted by Gasteiger charge is -2.72. The molecular formula is C39H52N2O4. The standard InChI is InChI=1S/C39H52N2O4/c1-22(2)30-31-24-14-15-28-36(6)18-17-29(45-23(3)42)35(4,5)27(36)16-19-38(28,8)37(24,7)20-21-39(31,34(43)44-9)33-32(30)40-25-12-10-11-13-26(25)41-33/h10-13,22,24,27-29H,14-21H2,1-9H3/t24-,27+,28-,29+,36+,37-,38-,39+/m1/s1. The lowest BCUT2D eigenvalue weighted by atomic mass is 9.33. The fraction of sp³-hybridized carbons (Fsp3) is 0.692. The van der Waals surface area contributed by atoms with Crippen molar-refractivity contribution in [2.75, 3.05) is 7.11 Å². The maximum atomic E-state index is 14.2. The minimum Gasteiger partial charge on any atom is -0.468 e. The Balaban J connectivity index is 1.36. The predicted molar refractivity (Wildman–Crippen MR) is 176 cm³/mol. The number of hydrogen-bond acceptors (Lipinski definition) is 6. The van der Waals surface area contributed by atoms with E-state index < -0.39 is 5.41 Å². The van der Waals surface area contributed by atoms with E-state index in [9.17, 15) is 9.59 Å². The molecule has 0 N–H and O–H groups in total. The van der Waals surface area contributed by atoms with E-state index in [1.807, 2.05) is 24.3 Å². The van der Waals surface area contributed by atoms with Crippen LogP contribution in [0.3, 0.4) is 0 Å². The lowest BCUT2D eigenvalue weighted by molar-refractivity contribution is -0.231. The van der Waals surface area contributed by atoms with Crippen LogP contribution in [0, 0.1) is 45.3 Å². The summed E-state index contributed by atoms with van der Waals surface area (Å²) < 4.78 is 11.7. The zero-order valence-electron chi connectivity index (χ0n) is 28.9. The third kappa shape index (κ3) is 3.80. The Morgan fingerprint density at radius 1 is 0.844 bits per heavy atom. The third-order valence-corrected chi connectivity index (χ3v) is 14.6. The molecule has 5 aliphatic rings. The normalized spacial score (nSPS) is 39.8. The maximum absolute atomic E-state index is 14.2. The van der Waals surface area contributed by atoms with Gasteiger partial charge in [-0.25, -0.2) is 9.97 Å². The monoisotopic (exact) mass is 612 g/mol. The maximum Gasteiger partial charge on any atom is 0.322 e. The first-order valence-electron chi connectivity index (χ1n) is 17.4. The zero-order chi connectivity index (χ0) is 32.3. The Kier molecular flexibility index (Phi) is 6.77. The van der Waals surface area contributed by atoms with E-state index in [-0.39, 0.29) is 51.5 Å². The first-order valence-corrected chi connectivity index (χ1v) is 17.4. The average Bonchev–Trinajstić information content (AvgIpc) is 3.27. The van der Waals surface area contributed by atoms with E-state index >= 15 is 0 Å². The Morgan fingerprint density at radius 2 is 1.53 bits per heavy atom. The Bertz CT molecular complexity index is 1630. The molecule has 45 heavy (non-hydrogen) atoms. The van der Waals surface area contributed by atoms with Crippen molar-refractivity contribution in [1.29, 1.82) is 0 Å². The van der Waals surface area contributed by atoms with Crippen molar-refractivity contribution in [1.82, 2.24) is 9.97 Å². The number of nitrogens with zero attached hydrogens (tertiary/aromatic N) is 2. The van der Waals surface area contributed by atoms with Gasteiger partial charge >= 0.3 is 11.9 Å². The summed E-state index contributed by atoms with van der Waals surface area (Å²) in [5.41, 5.74) is 5.33. The fourth-order valence-electron chi connectivity index (χ4n) is 12.5. The molecule has 0 saturated heterocycles. The topological polar surface area (TPSA) is 78.4 Å². The van der Waals surface area contributed by atoms with Crippen molar-refractivity contribution in [2.24, 2.45) is 45.3 Å². The van der Waals surface area contributed by atoms with E-state index in [0.29, 0.717) is 18.3 Å². The summed E-state index contributed by atoms with van der Waals surface area (Å²) in [6, 6.07) is 8.06. The van der Waals surface area contributed by atoms with Gasteiger partial charge in [0.2, 0.25) is 0 Å². The summed E-state index contributed by atoms with van der Waals surface area (Å²) in [6.45, 7) is 18.5. The number of allylic oxidation sites excluding steroid dienone is 1. The Hall–Kier alpha value is -2.76. The summed E-state index contributed by atoms with van der Waals surface area (Å²) in [6.07, 6.45) is 8.18. The number of methoxy groups -OCH3 is 1. The first-order chi connectivity index (χ1) is 21.2. The molecule has 242 valence electrons. The van der Waals surface area contributed by atoms with Gasteiger partial charge in [0.1, 0.15) is 11.5 Å². The zero-order valence-corrected chi connectivity index (χ0v) is 28.9. The second-order valence-corrected chi connectivity index (χ2v) is 16.9. The van der Waals surface area contributed by atoms with Crippen molar-refractivity contribution in [2.45, 2.75) is 118 Å². The van der Waals surface area contributed by atoms with Gasteiger partial charge in [0.05, 0.1) is 29.5 Å². The summed E-state index contributed by atoms with van der Waals surface area (Å²) >= 11 is 0. The molecule has 1 heterocycles. The number of aromatic nitrogens is 2. The van der Waals surface area contributed by atoms with Crippen LogP contribution in [0.25, 0.3) is 16.6 Å². The fourth-order valence-corrected chi connectivity index (χ4v) is 12.5. The first kappa shape index (κ1) is 30.9. The molecule has 0 radical (unpaired) electrons. The van der Waals surface area contributed by atoms with Crippen LogP contribution < -0.4 is 0 Å². The van der Waals surface area contributed by atoms with E-state index in [1.54, 1.807) is 6.92 Å². The molecule has 0 bridgehead atoms. The minimum absolute atomic E-state index is 0.0222. The molecule has 0 aliphatic heterocycles. The number of ether oxygens (including phenoxy) is 2. The van der Waals surface area contributed by atoms with Gasteiger partial charge < -0.3 is 9.47 Å². The summed E-state index contributed by atoms with van der Waals surface area (Å²) in [5, 5.41) is 0. The van der Waals surface area contributed by atoms with Gasteiger partial charge in [0.25, 0.3) is 0 Å². The second kappa shape index (κ2) is 9.87. The van der Waals surface area contributed by atoms with Crippen LogP contribution in [-0.4, -0.2) is 35.1 Å². The van der Waals surface area contributed by atoms with Crippen molar-refractivity contribution in [3.05, 3.63) is 41.2 Å². The van der Waals surface area contributed by atoms with E-state index in [2.05, 4.69) is 48.5 Å². The molecule has 4 fully saturated rings. The molecule has 4 saturated carbocycles. The van der Waals surface area contributed by atoms with Crippen LogP contribution in [0.1, 0.15) is 118 Å². The number of benzene rings is 1. The summed E-state index contributed by atoms with van der Waals surface area (Å²) in [5.74, 6) is 1.20. The molecule has 5 aliphatic carbocycles. The van der Waals surface area contributed by atoms with Crippen molar-refractivity contribution >= 4 is 28.5 Å². The van der Waals surface area contributed by atoms with Crippen molar-refractivity contribution in [3.63, 3.8) is 0 Å². The van der Waals surface area contributed by atoms with Crippen LogP contribution in [-0.2, 0) is 24.5 Å². The number of carbonyl (C=O) groups excluding carboxylic acids is 2. The smallest absolute Gasteiger partial charge is 0.322 e. The molecule has 0 unspecified atom stereocenters. The Labute approximate surface area is 269 Å². The van der Waals surface area contributed by atoms with Gasteiger partial charge in [-0.15, -0.1) is 0 Å². The molecular weight excluding hydrogens is 560 g/mol. The molecule has 8 atom stereocenters. The number of hydrogen-bond donors (Lipinski definition) is 0.